The normalized spacial score (nSPS) is 25.7. The molecule has 0 nitrogen and oxygen atoms in total. The van der Waals surface area contributed by atoms with Crippen LogP contribution in [-0.4, -0.2) is 4.83 Å². The van der Waals surface area contributed by atoms with E-state index in [0.717, 1.165) is 10.7 Å². The van der Waals surface area contributed by atoms with Crippen LogP contribution in [0.25, 0.3) is 0 Å². The molecule has 1 aromatic rings. The molecule has 1 saturated carbocycles. The van der Waals surface area contributed by atoms with Crippen LogP contribution in [0.3, 0.4) is 0 Å². The third kappa shape index (κ3) is 3.10. The summed E-state index contributed by atoms with van der Waals surface area (Å²) in [5.41, 5.74) is 4.36. The van der Waals surface area contributed by atoms with Gasteiger partial charge in [0, 0.05) is 4.83 Å². The van der Waals surface area contributed by atoms with Gasteiger partial charge in [0.05, 0.1) is 0 Å². The van der Waals surface area contributed by atoms with E-state index in [1.165, 1.54) is 48.8 Å². The monoisotopic (exact) mass is 280 g/mol. The first kappa shape index (κ1) is 12.2. The largest absolute Gasteiger partial charge is 0.0891 e. The van der Waals surface area contributed by atoms with Gasteiger partial charge in [0.15, 0.2) is 0 Å². The van der Waals surface area contributed by atoms with Crippen molar-refractivity contribution in [2.45, 2.75) is 50.8 Å². The smallest absolute Gasteiger partial charge is 0.0148 e. The van der Waals surface area contributed by atoms with E-state index in [1.54, 1.807) is 0 Å². The Labute approximate surface area is 108 Å². The van der Waals surface area contributed by atoms with Gasteiger partial charge in [-0.05, 0) is 55.7 Å². The fourth-order valence-corrected chi connectivity index (χ4v) is 3.53. The molecule has 16 heavy (non-hydrogen) atoms. The molecule has 0 heterocycles. The van der Waals surface area contributed by atoms with E-state index in [4.69, 9.17) is 0 Å². The van der Waals surface area contributed by atoms with Crippen molar-refractivity contribution in [3.8, 4) is 0 Å². The zero-order chi connectivity index (χ0) is 11.5. The van der Waals surface area contributed by atoms with Gasteiger partial charge in [-0.1, -0.05) is 47.0 Å². The number of aryl methyl sites for hydroxylation is 2. The summed E-state index contributed by atoms with van der Waals surface area (Å²) in [5.74, 6) is 0.889. The third-order valence-corrected chi connectivity index (χ3v) is 4.65. The minimum absolute atomic E-state index is 0.762. The second-order valence-corrected chi connectivity index (χ2v) is 6.55. The number of rotatable bonds is 2. The Morgan fingerprint density at radius 3 is 2.69 bits per heavy atom. The fourth-order valence-electron chi connectivity index (χ4n) is 2.67. The predicted molar refractivity (Wildman–Crippen MR) is 74.3 cm³/mol. The summed E-state index contributed by atoms with van der Waals surface area (Å²) in [4.78, 5) is 0.762. The number of hydrogen-bond donors (Lipinski definition) is 0. The van der Waals surface area contributed by atoms with Crippen molar-refractivity contribution in [2.75, 3.05) is 0 Å². The molecule has 88 valence electrons. The van der Waals surface area contributed by atoms with Crippen LogP contribution in [0, 0.1) is 19.8 Å². The molecule has 2 rings (SSSR count). The van der Waals surface area contributed by atoms with Crippen molar-refractivity contribution in [1.82, 2.24) is 0 Å². The average Bonchev–Trinajstić information content (AvgIpc) is 2.24. The van der Waals surface area contributed by atoms with E-state index in [0.29, 0.717) is 0 Å². The van der Waals surface area contributed by atoms with Crippen LogP contribution >= 0.6 is 15.9 Å². The molecule has 0 spiro atoms. The Morgan fingerprint density at radius 2 is 2.00 bits per heavy atom. The van der Waals surface area contributed by atoms with Gasteiger partial charge in [0.2, 0.25) is 0 Å². The summed E-state index contributed by atoms with van der Waals surface area (Å²) in [6.45, 7) is 4.40. The topological polar surface area (TPSA) is 0 Å². The molecule has 1 fully saturated rings. The minimum atomic E-state index is 0.762. The van der Waals surface area contributed by atoms with Crippen LogP contribution in [0.5, 0.6) is 0 Å². The van der Waals surface area contributed by atoms with Gasteiger partial charge in [-0.25, -0.2) is 0 Å². The van der Waals surface area contributed by atoms with Gasteiger partial charge in [-0.3, -0.25) is 0 Å². The summed E-state index contributed by atoms with van der Waals surface area (Å²) < 4.78 is 0. The van der Waals surface area contributed by atoms with Crippen LogP contribution in [0.4, 0.5) is 0 Å². The van der Waals surface area contributed by atoms with Crippen molar-refractivity contribution >= 4 is 15.9 Å². The molecule has 0 radical (unpaired) electrons. The maximum atomic E-state index is 3.77. The first-order chi connectivity index (χ1) is 7.65. The lowest BCUT2D eigenvalue weighted by Gasteiger charge is -2.25. The molecule has 1 aliphatic carbocycles. The molecule has 0 aliphatic heterocycles. The molecular formula is C15H21Br. The molecule has 0 aromatic heterocycles. The third-order valence-electron chi connectivity index (χ3n) is 3.81. The molecule has 1 aromatic carbocycles. The molecule has 1 heteroatoms. The van der Waals surface area contributed by atoms with E-state index in [1.807, 2.05) is 0 Å². The van der Waals surface area contributed by atoms with Gasteiger partial charge < -0.3 is 0 Å². The summed E-state index contributed by atoms with van der Waals surface area (Å²) in [6, 6.07) is 6.94. The fraction of sp³-hybridized carbons (Fsp3) is 0.600. The lowest BCUT2D eigenvalue weighted by Crippen LogP contribution is -2.17. The van der Waals surface area contributed by atoms with Crippen LogP contribution in [-0.2, 0) is 6.42 Å². The first-order valence-electron chi connectivity index (χ1n) is 6.35. The summed E-state index contributed by atoms with van der Waals surface area (Å²) in [6.07, 6.45) is 6.79. The van der Waals surface area contributed by atoms with E-state index in [9.17, 15) is 0 Å². The van der Waals surface area contributed by atoms with Crippen molar-refractivity contribution in [3.05, 3.63) is 34.9 Å². The standard InChI is InChI=1S/C15H21Br/c1-11-6-7-14(8-12(11)2)9-13-4-3-5-15(16)10-13/h6-8,13,15H,3-5,9-10H2,1-2H3. The molecular weight excluding hydrogens is 260 g/mol. The highest BCUT2D eigenvalue weighted by Crippen LogP contribution is 2.31. The Bertz CT molecular complexity index is 356. The van der Waals surface area contributed by atoms with Gasteiger partial charge in [0.1, 0.15) is 0 Å². The highest BCUT2D eigenvalue weighted by atomic mass is 79.9. The second kappa shape index (κ2) is 5.35. The Balaban J connectivity index is 2.00. The summed E-state index contributed by atoms with van der Waals surface area (Å²) in [7, 11) is 0. The molecule has 0 bridgehead atoms. The number of alkyl halides is 1. The number of benzene rings is 1. The lowest BCUT2D eigenvalue weighted by molar-refractivity contribution is 0.368. The van der Waals surface area contributed by atoms with Crippen LogP contribution in [0.2, 0.25) is 0 Å². The second-order valence-electron chi connectivity index (χ2n) is 5.25. The van der Waals surface area contributed by atoms with Crippen LogP contribution in [0.15, 0.2) is 18.2 Å². The van der Waals surface area contributed by atoms with E-state index in [-0.39, 0.29) is 0 Å². The van der Waals surface area contributed by atoms with Crippen LogP contribution < -0.4 is 0 Å². The maximum Gasteiger partial charge on any atom is 0.0148 e. The zero-order valence-corrected chi connectivity index (χ0v) is 11.9. The number of halogens is 1. The molecule has 0 saturated heterocycles. The van der Waals surface area contributed by atoms with Gasteiger partial charge >= 0.3 is 0 Å². The van der Waals surface area contributed by atoms with Gasteiger partial charge in [-0.15, -0.1) is 0 Å². The number of hydrogen-bond acceptors (Lipinski definition) is 0. The molecule has 1 aliphatic rings. The first-order valence-corrected chi connectivity index (χ1v) is 7.27. The van der Waals surface area contributed by atoms with E-state index < -0.39 is 0 Å². The Hall–Kier alpha value is -0.300. The molecule has 2 atom stereocenters. The Morgan fingerprint density at radius 1 is 1.19 bits per heavy atom. The van der Waals surface area contributed by atoms with E-state index in [2.05, 4.69) is 48.0 Å². The maximum absolute atomic E-state index is 3.77. The Kier molecular flexibility index (Phi) is 4.07. The average molecular weight is 281 g/mol. The van der Waals surface area contributed by atoms with Crippen LogP contribution in [0.1, 0.15) is 42.4 Å². The predicted octanol–water partition coefficient (Wildman–Crippen LogP) is 4.80. The van der Waals surface area contributed by atoms with E-state index >= 15 is 0 Å². The van der Waals surface area contributed by atoms with Gasteiger partial charge in [-0.2, -0.15) is 0 Å². The molecule has 0 N–H and O–H groups in total. The molecule has 0 amide bonds. The minimum Gasteiger partial charge on any atom is -0.0891 e. The zero-order valence-electron chi connectivity index (χ0n) is 10.3. The SMILES string of the molecule is Cc1ccc(CC2CCCC(Br)C2)cc1C. The van der Waals surface area contributed by atoms with Crippen molar-refractivity contribution in [1.29, 1.82) is 0 Å². The lowest BCUT2D eigenvalue weighted by atomic mass is 9.84. The summed E-state index contributed by atoms with van der Waals surface area (Å²) >= 11 is 3.77. The summed E-state index contributed by atoms with van der Waals surface area (Å²) in [5, 5.41) is 0. The highest BCUT2D eigenvalue weighted by Gasteiger charge is 2.20. The molecule has 2 unspecified atom stereocenters. The van der Waals surface area contributed by atoms with Gasteiger partial charge in [0.25, 0.3) is 0 Å². The van der Waals surface area contributed by atoms with Crippen molar-refractivity contribution < 1.29 is 0 Å². The van der Waals surface area contributed by atoms with Crippen molar-refractivity contribution in [3.63, 3.8) is 0 Å². The van der Waals surface area contributed by atoms with Crippen molar-refractivity contribution in [2.24, 2.45) is 5.92 Å². The quantitative estimate of drug-likeness (QED) is 0.683. The highest BCUT2D eigenvalue weighted by molar-refractivity contribution is 9.09.